The third-order valence-corrected chi connectivity index (χ3v) is 3.07. The molecule has 0 bridgehead atoms. The Morgan fingerprint density at radius 1 is 1.27 bits per heavy atom. The van der Waals surface area contributed by atoms with E-state index in [2.05, 4.69) is 40.7 Å². The van der Waals surface area contributed by atoms with Crippen molar-refractivity contribution in [3.05, 3.63) is 24.0 Å². The number of allylic oxidation sites excluding steroid dienone is 3. The van der Waals surface area contributed by atoms with Crippen LogP contribution in [0.25, 0.3) is 0 Å². The van der Waals surface area contributed by atoms with Crippen molar-refractivity contribution in [2.45, 2.75) is 47.5 Å². The third kappa shape index (κ3) is 3.73. The lowest BCUT2D eigenvalue weighted by Gasteiger charge is -2.38. The quantitative estimate of drug-likeness (QED) is 0.710. The van der Waals surface area contributed by atoms with Gasteiger partial charge in [-0.15, -0.1) is 0 Å². The molecule has 0 aromatic rings. The molecule has 1 aliphatic carbocycles. The molecule has 0 saturated carbocycles. The summed E-state index contributed by atoms with van der Waals surface area (Å²) < 4.78 is 0. The van der Waals surface area contributed by atoms with Gasteiger partial charge in [0.15, 0.2) is 0 Å². The Labute approximate surface area is 93.9 Å². The van der Waals surface area contributed by atoms with E-state index in [4.69, 9.17) is 0 Å². The van der Waals surface area contributed by atoms with Crippen LogP contribution in [-0.2, 0) is 0 Å². The van der Waals surface area contributed by atoms with Gasteiger partial charge in [-0.2, -0.15) is 0 Å². The lowest BCUT2D eigenvalue weighted by molar-refractivity contribution is 0.156. The van der Waals surface area contributed by atoms with Gasteiger partial charge in [0.25, 0.3) is 0 Å². The van der Waals surface area contributed by atoms with Crippen molar-refractivity contribution in [1.29, 1.82) is 0 Å². The van der Waals surface area contributed by atoms with Gasteiger partial charge in [-0.1, -0.05) is 40.7 Å². The molecule has 0 aromatic carbocycles. The van der Waals surface area contributed by atoms with Gasteiger partial charge in [-0.25, -0.2) is 0 Å². The predicted molar refractivity (Wildman–Crippen MR) is 65.8 cm³/mol. The van der Waals surface area contributed by atoms with Crippen LogP contribution in [0.4, 0.5) is 0 Å². The Balaban J connectivity index is 2.68. The first-order valence-corrected chi connectivity index (χ1v) is 5.78. The lowest BCUT2D eigenvalue weighted by Crippen LogP contribution is -2.28. The summed E-state index contributed by atoms with van der Waals surface area (Å²) in [7, 11) is 0. The van der Waals surface area contributed by atoms with Gasteiger partial charge in [0.05, 0.1) is 0 Å². The molecule has 0 saturated heterocycles. The van der Waals surface area contributed by atoms with Crippen molar-refractivity contribution in [2.24, 2.45) is 16.7 Å². The number of aliphatic hydroxyl groups excluding tert-OH is 1. The molecule has 1 rings (SSSR count). The Morgan fingerprint density at radius 2 is 1.87 bits per heavy atom. The van der Waals surface area contributed by atoms with E-state index in [0.29, 0.717) is 22.5 Å². The highest BCUT2D eigenvalue weighted by atomic mass is 16.3. The maximum atomic E-state index is 9.30. The van der Waals surface area contributed by atoms with Crippen molar-refractivity contribution in [3.63, 3.8) is 0 Å². The van der Waals surface area contributed by atoms with Crippen LogP contribution >= 0.6 is 0 Å². The molecule has 1 nitrogen and oxygen atoms in total. The lowest BCUT2D eigenvalue weighted by atomic mass is 9.67. The standard InChI is InChI=1S/C14H24O/c1-13(2,3)10-14(4,5)11-6-8-12(15)9-7-11/h6,8-9,11,15H,7,10H2,1-5H3/t11-/m0/s1. The van der Waals surface area contributed by atoms with E-state index in [0.717, 1.165) is 6.42 Å². The molecule has 86 valence electrons. The normalized spacial score (nSPS) is 22.7. The minimum atomic E-state index is 0.298. The van der Waals surface area contributed by atoms with Gasteiger partial charge < -0.3 is 5.11 Å². The van der Waals surface area contributed by atoms with E-state index < -0.39 is 0 Å². The van der Waals surface area contributed by atoms with E-state index in [9.17, 15) is 5.11 Å². The smallest absolute Gasteiger partial charge is 0.111 e. The molecule has 0 unspecified atom stereocenters. The fourth-order valence-electron chi connectivity index (χ4n) is 2.69. The molecule has 0 spiro atoms. The van der Waals surface area contributed by atoms with Crippen LogP contribution in [0.3, 0.4) is 0 Å². The maximum absolute atomic E-state index is 9.30. The molecule has 0 aromatic heterocycles. The molecule has 0 aliphatic heterocycles. The Bertz CT molecular complexity index is 276. The van der Waals surface area contributed by atoms with E-state index in [1.807, 2.05) is 12.2 Å². The minimum absolute atomic E-state index is 0.298. The second-order valence-electron chi connectivity index (χ2n) is 6.56. The fraction of sp³-hybridized carbons (Fsp3) is 0.714. The van der Waals surface area contributed by atoms with Crippen molar-refractivity contribution in [3.8, 4) is 0 Å². The minimum Gasteiger partial charge on any atom is -0.508 e. The summed E-state index contributed by atoms with van der Waals surface area (Å²) in [6, 6.07) is 0. The summed E-state index contributed by atoms with van der Waals surface area (Å²) in [5.74, 6) is 0.963. The van der Waals surface area contributed by atoms with Crippen LogP contribution in [0, 0.1) is 16.7 Å². The molecule has 0 radical (unpaired) electrons. The zero-order chi connectivity index (χ0) is 11.7. The van der Waals surface area contributed by atoms with Crippen LogP contribution in [0.5, 0.6) is 0 Å². The van der Waals surface area contributed by atoms with E-state index >= 15 is 0 Å². The highest BCUT2D eigenvalue weighted by Crippen LogP contribution is 2.42. The number of aliphatic hydroxyl groups is 1. The van der Waals surface area contributed by atoms with Gasteiger partial charge in [0.1, 0.15) is 5.76 Å². The molecular weight excluding hydrogens is 184 g/mol. The molecular formula is C14H24O. The van der Waals surface area contributed by atoms with Crippen LogP contribution in [-0.4, -0.2) is 5.11 Å². The summed E-state index contributed by atoms with van der Waals surface area (Å²) in [4.78, 5) is 0. The molecule has 0 amide bonds. The van der Waals surface area contributed by atoms with E-state index in [1.54, 1.807) is 0 Å². The first kappa shape index (κ1) is 12.4. The van der Waals surface area contributed by atoms with Crippen LogP contribution in [0.15, 0.2) is 24.0 Å². The molecule has 1 atom stereocenters. The van der Waals surface area contributed by atoms with E-state index in [1.165, 1.54) is 6.42 Å². The highest BCUT2D eigenvalue weighted by Gasteiger charge is 2.32. The summed E-state index contributed by atoms with van der Waals surface area (Å²) in [5, 5.41) is 9.30. The summed E-state index contributed by atoms with van der Waals surface area (Å²) in [5.41, 5.74) is 0.659. The van der Waals surface area contributed by atoms with Gasteiger partial charge in [-0.3, -0.25) is 0 Å². The number of hydrogen-bond donors (Lipinski definition) is 1. The van der Waals surface area contributed by atoms with Crippen LogP contribution < -0.4 is 0 Å². The summed E-state index contributed by atoms with van der Waals surface area (Å²) >= 11 is 0. The monoisotopic (exact) mass is 208 g/mol. The van der Waals surface area contributed by atoms with Gasteiger partial charge >= 0.3 is 0 Å². The fourth-order valence-corrected chi connectivity index (χ4v) is 2.69. The second kappa shape index (κ2) is 4.03. The molecule has 1 heteroatoms. The molecule has 15 heavy (non-hydrogen) atoms. The Morgan fingerprint density at radius 3 is 2.27 bits per heavy atom. The largest absolute Gasteiger partial charge is 0.508 e. The average Bonchev–Trinajstić information content (AvgIpc) is 2.00. The second-order valence-corrected chi connectivity index (χ2v) is 6.56. The first-order valence-electron chi connectivity index (χ1n) is 5.78. The van der Waals surface area contributed by atoms with Crippen LogP contribution in [0.2, 0.25) is 0 Å². The molecule has 1 aliphatic rings. The zero-order valence-electron chi connectivity index (χ0n) is 10.7. The highest BCUT2D eigenvalue weighted by molar-refractivity contribution is 5.18. The van der Waals surface area contributed by atoms with Crippen molar-refractivity contribution >= 4 is 0 Å². The predicted octanol–water partition coefficient (Wildman–Crippen LogP) is 4.47. The summed E-state index contributed by atoms with van der Waals surface area (Å²) in [6.45, 7) is 11.5. The van der Waals surface area contributed by atoms with Crippen molar-refractivity contribution in [2.75, 3.05) is 0 Å². The third-order valence-electron chi connectivity index (χ3n) is 3.07. The zero-order valence-corrected chi connectivity index (χ0v) is 10.7. The van der Waals surface area contributed by atoms with Gasteiger partial charge in [-0.05, 0) is 41.7 Å². The number of rotatable bonds is 2. The SMILES string of the molecule is CC(C)(C)CC(C)(C)[C@H]1C=CC(O)=CC1. The number of hydrogen-bond acceptors (Lipinski definition) is 1. The summed E-state index contributed by atoms with van der Waals surface area (Å²) in [6.07, 6.45) is 8.07. The van der Waals surface area contributed by atoms with Crippen LogP contribution in [0.1, 0.15) is 47.5 Å². The molecule has 0 heterocycles. The first-order chi connectivity index (χ1) is 6.71. The maximum Gasteiger partial charge on any atom is 0.111 e. The van der Waals surface area contributed by atoms with Gasteiger partial charge in [0.2, 0.25) is 0 Å². The average molecular weight is 208 g/mol. The molecule has 0 fully saturated rings. The van der Waals surface area contributed by atoms with Crippen molar-refractivity contribution in [1.82, 2.24) is 0 Å². The van der Waals surface area contributed by atoms with Gasteiger partial charge in [0, 0.05) is 0 Å². The Kier molecular flexibility index (Phi) is 3.32. The van der Waals surface area contributed by atoms with Crippen molar-refractivity contribution < 1.29 is 5.11 Å². The molecule has 1 N–H and O–H groups in total. The Hall–Kier alpha value is -0.720. The van der Waals surface area contributed by atoms with E-state index in [-0.39, 0.29) is 0 Å². The topological polar surface area (TPSA) is 20.2 Å².